The Morgan fingerprint density at radius 3 is 2.00 bits per heavy atom. The predicted octanol–water partition coefficient (Wildman–Crippen LogP) is 5.25. The lowest BCUT2D eigenvalue weighted by molar-refractivity contribution is 0.447. The molecule has 3 heteroatoms. The van der Waals surface area contributed by atoms with Gasteiger partial charge in [0.2, 0.25) is 0 Å². The van der Waals surface area contributed by atoms with Crippen LogP contribution < -0.4 is 0 Å². The molecule has 0 N–H and O–H groups in total. The molecule has 100 valence electrons. The second-order valence-electron chi connectivity index (χ2n) is 5.62. The van der Waals surface area contributed by atoms with Crippen molar-refractivity contribution in [2.75, 3.05) is 0 Å². The summed E-state index contributed by atoms with van der Waals surface area (Å²) in [5.74, 6) is 3.13. The maximum absolute atomic E-state index is 6.17. The fraction of sp³-hybridized carbons (Fsp3) is 0.600. The fourth-order valence-electron chi connectivity index (χ4n) is 2.87. The van der Waals surface area contributed by atoms with Crippen molar-refractivity contribution in [3.8, 4) is 12.0 Å². The molecule has 0 aromatic carbocycles. The van der Waals surface area contributed by atoms with E-state index >= 15 is 0 Å². The number of rotatable bonds is 4. The maximum atomic E-state index is 6.17. The van der Waals surface area contributed by atoms with E-state index in [2.05, 4.69) is 53.6 Å². The zero-order valence-corrected chi connectivity index (χ0v) is 14.1. The molecule has 1 nitrogen and oxygen atoms in total. The summed E-state index contributed by atoms with van der Waals surface area (Å²) in [4.78, 5) is 1.08. The van der Waals surface area contributed by atoms with Gasteiger partial charge in [0.15, 0.2) is 0 Å². The Labute approximate surface area is 117 Å². The summed E-state index contributed by atoms with van der Waals surface area (Å²) >= 11 is 1.66. The van der Waals surface area contributed by atoms with E-state index in [0.717, 1.165) is 4.88 Å². The monoisotopic (exact) mass is 280 g/mol. The van der Waals surface area contributed by atoms with Gasteiger partial charge < -0.3 is 4.43 Å². The molecule has 0 bridgehead atoms. The lowest BCUT2D eigenvalue weighted by Gasteiger charge is -2.39. The predicted molar refractivity (Wildman–Crippen MR) is 83.3 cm³/mol. The third-order valence-corrected chi connectivity index (χ3v) is 10.3. The van der Waals surface area contributed by atoms with Gasteiger partial charge in [0.05, 0.1) is 4.88 Å². The van der Waals surface area contributed by atoms with Crippen LogP contribution in [0, 0.1) is 12.0 Å². The van der Waals surface area contributed by atoms with E-state index < -0.39 is 8.32 Å². The molecular weight excluding hydrogens is 256 g/mol. The molecule has 0 aliphatic rings. The van der Waals surface area contributed by atoms with Crippen LogP contribution in [0.15, 0.2) is 17.5 Å². The van der Waals surface area contributed by atoms with Crippen molar-refractivity contribution in [2.45, 2.75) is 58.2 Å². The van der Waals surface area contributed by atoms with Gasteiger partial charge in [-0.1, -0.05) is 47.6 Å². The maximum Gasteiger partial charge on any atom is 0.272 e. The standard InChI is InChI=1S/C15H24OSSi/c1-12(2)18(13(3)4,14(5)6)16-10-9-15-8-7-11-17-15/h7-8,11-14H,1-6H3. The van der Waals surface area contributed by atoms with E-state index in [0.29, 0.717) is 16.6 Å². The third kappa shape index (κ3) is 3.18. The van der Waals surface area contributed by atoms with Crippen LogP contribution in [0.4, 0.5) is 0 Å². The summed E-state index contributed by atoms with van der Waals surface area (Å²) < 4.78 is 6.17. The zero-order chi connectivity index (χ0) is 13.8. The topological polar surface area (TPSA) is 9.23 Å². The minimum atomic E-state index is -1.83. The van der Waals surface area contributed by atoms with Gasteiger partial charge in [-0.2, -0.15) is 0 Å². The Bertz CT molecular complexity index is 388. The van der Waals surface area contributed by atoms with Gasteiger partial charge in [0.1, 0.15) is 6.11 Å². The molecule has 0 aliphatic carbocycles. The van der Waals surface area contributed by atoms with E-state index in [1.165, 1.54) is 0 Å². The van der Waals surface area contributed by atoms with Gasteiger partial charge in [-0.05, 0) is 34.0 Å². The van der Waals surface area contributed by atoms with Gasteiger partial charge in [-0.25, -0.2) is 0 Å². The minimum absolute atomic E-state index is 0.579. The van der Waals surface area contributed by atoms with Crippen LogP contribution >= 0.6 is 11.3 Å². The van der Waals surface area contributed by atoms with Gasteiger partial charge in [0, 0.05) is 0 Å². The van der Waals surface area contributed by atoms with Crippen molar-refractivity contribution in [3.05, 3.63) is 22.4 Å². The molecule has 1 aromatic heterocycles. The molecule has 0 saturated heterocycles. The number of hydrogen-bond donors (Lipinski definition) is 0. The highest BCUT2D eigenvalue weighted by Crippen LogP contribution is 2.41. The normalized spacial score (nSPS) is 11.8. The lowest BCUT2D eigenvalue weighted by Crippen LogP contribution is -2.46. The summed E-state index contributed by atoms with van der Waals surface area (Å²) in [5, 5.41) is 2.04. The van der Waals surface area contributed by atoms with Crippen molar-refractivity contribution >= 4 is 19.7 Å². The first-order chi connectivity index (χ1) is 8.41. The van der Waals surface area contributed by atoms with Crippen LogP contribution in [0.1, 0.15) is 46.4 Å². The van der Waals surface area contributed by atoms with E-state index in [1.54, 1.807) is 11.3 Å². The van der Waals surface area contributed by atoms with Gasteiger partial charge >= 0.3 is 0 Å². The zero-order valence-electron chi connectivity index (χ0n) is 12.3. The molecule has 0 amide bonds. The molecule has 1 heterocycles. The molecule has 0 spiro atoms. The Morgan fingerprint density at radius 1 is 1.06 bits per heavy atom. The molecule has 0 aliphatic heterocycles. The van der Waals surface area contributed by atoms with Crippen LogP contribution in [-0.2, 0) is 4.43 Å². The van der Waals surface area contributed by atoms with Gasteiger partial charge in [-0.3, -0.25) is 0 Å². The molecule has 1 aromatic rings. The minimum Gasteiger partial charge on any atom is -0.499 e. The van der Waals surface area contributed by atoms with Crippen molar-refractivity contribution in [3.63, 3.8) is 0 Å². The Balaban J connectivity index is 2.92. The summed E-state index contributed by atoms with van der Waals surface area (Å²) in [6.07, 6.45) is 2.99. The van der Waals surface area contributed by atoms with Crippen LogP contribution in [-0.4, -0.2) is 8.32 Å². The molecule has 0 fully saturated rings. The molecule has 0 saturated carbocycles. The molecule has 0 unspecified atom stereocenters. The lowest BCUT2D eigenvalue weighted by atomic mass is 10.5. The molecule has 1 rings (SSSR count). The fourth-order valence-corrected chi connectivity index (χ4v) is 8.36. The number of thiophene rings is 1. The Morgan fingerprint density at radius 2 is 1.61 bits per heavy atom. The first-order valence-corrected chi connectivity index (χ1v) is 9.65. The van der Waals surface area contributed by atoms with Crippen LogP contribution in [0.2, 0.25) is 16.6 Å². The van der Waals surface area contributed by atoms with Crippen molar-refractivity contribution in [1.29, 1.82) is 0 Å². The molecule has 0 atom stereocenters. The van der Waals surface area contributed by atoms with E-state index in [1.807, 2.05) is 17.5 Å². The summed E-state index contributed by atoms with van der Waals surface area (Å²) in [7, 11) is -1.83. The number of hydrogen-bond acceptors (Lipinski definition) is 2. The molecule has 0 radical (unpaired) electrons. The third-order valence-electron chi connectivity index (χ3n) is 3.63. The van der Waals surface area contributed by atoms with Crippen molar-refractivity contribution in [1.82, 2.24) is 0 Å². The smallest absolute Gasteiger partial charge is 0.272 e. The first-order valence-electron chi connectivity index (χ1n) is 6.63. The Kier molecular flexibility index (Phi) is 5.49. The summed E-state index contributed by atoms with van der Waals surface area (Å²) in [5.41, 5.74) is 1.74. The SMILES string of the molecule is CC(C)[Si](OC#Cc1cccs1)(C(C)C)C(C)C. The van der Waals surface area contributed by atoms with Crippen molar-refractivity contribution in [2.24, 2.45) is 0 Å². The Hall–Kier alpha value is -0.723. The molecule has 18 heavy (non-hydrogen) atoms. The highest BCUT2D eigenvalue weighted by molar-refractivity contribution is 7.10. The second kappa shape index (κ2) is 6.45. The largest absolute Gasteiger partial charge is 0.499 e. The van der Waals surface area contributed by atoms with Gasteiger partial charge in [-0.15, -0.1) is 11.3 Å². The average Bonchev–Trinajstić information content (AvgIpc) is 2.75. The van der Waals surface area contributed by atoms with Crippen LogP contribution in [0.3, 0.4) is 0 Å². The van der Waals surface area contributed by atoms with E-state index in [-0.39, 0.29) is 0 Å². The average molecular weight is 281 g/mol. The highest BCUT2D eigenvalue weighted by Gasteiger charge is 2.46. The second-order valence-corrected chi connectivity index (χ2v) is 11.9. The van der Waals surface area contributed by atoms with Gasteiger partial charge in [0.25, 0.3) is 8.32 Å². The highest BCUT2D eigenvalue weighted by atomic mass is 32.1. The summed E-state index contributed by atoms with van der Waals surface area (Å²) in [6.45, 7) is 13.7. The first kappa shape index (κ1) is 15.3. The van der Waals surface area contributed by atoms with Crippen molar-refractivity contribution < 1.29 is 4.43 Å². The van der Waals surface area contributed by atoms with E-state index in [4.69, 9.17) is 4.43 Å². The van der Waals surface area contributed by atoms with Crippen LogP contribution in [0.25, 0.3) is 0 Å². The van der Waals surface area contributed by atoms with Crippen LogP contribution in [0.5, 0.6) is 0 Å². The summed E-state index contributed by atoms with van der Waals surface area (Å²) in [6, 6.07) is 4.05. The van der Waals surface area contributed by atoms with E-state index in [9.17, 15) is 0 Å². The quantitative estimate of drug-likeness (QED) is 0.540. The molecular formula is C15H24OSSi.